The number of rotatable bonds is 7. The zero-order valence-corrected chi connectivity index (χ0v) is 19.5. The number of hydrogen-bond acceptors (Lipinski definition) is 3. The zero-order chi connectivity index (χ0) is 18.9. The Morgan fingerprint density at radius 3 is 2.75 bits per heavy atom. The third kappa shape index (κ3) is 6.88. The van der Waals surface area contributed by atoms with E-state index in [9.17, 15) is 0 Å². The zero-order valence-electron chi connectivity index (χ0n) is 17.2. The van der Waals surface area contributed by atoms with Gasteiger partial charge in [0.1, 0.15) is 0 Å². The molecule has 3 rings (SSSR count). The van der Waals surface area contributed by atoms with Gasteiger partial charge in [0.25, 0.3) is 0 Å². The fraction of sp³-hybridized carbons (Fsp3) is 0.545. The lowest BCUT2D eigenvalue weighted by molar-refractivity contribution is 0.191. The molecule has 2 aromatic rings. The molecule has 1 saturated heterocycles. The average Bonchev–Trinajstić information content (AvgIpc) is 2.70. The lowest BCUT2D eigenvalue weighted by Gasteiger charge is -2.30. The smallest absolute Gasteiger partial charge is 0.191 e. The van der Waals surface area contributed by atoms with Gasteiger partial charge in [-0.25, -0.2) is 4.99 Å². The molecular weight excluding hydrogens is 461 g/mol. The van der Waals surface area contributed by atoms with Gasteiger partial charge in [0, 0.05) is 24.7 Å². The number of benzene rings is 1. The molecule has 28 heavy (non-hydrogen) atoms. The van der Waals surface area contributed by atoms with E-state index >= 15 is 0 Å². The van der Waals surface area contributed by atoms with Crippen LogP contribution in [0.15, 0.2) is 41.5 Å². The average molecular weight is 495 g/mol. The topological polar surface area (TPSA) is 52.6 Å². The second-order valence-corrected chi connectivity index (χ2v) is 7.49. The number of likely N-dealkylation sites (tertiary alicyclic amines) is 1. The molecule has 0 saturated carbocycles. The van der Waals surface area contributed by atoms with E-state index in [0.717, 1.165) is 42.5 Å². The number of pyridine rings is 1. The van der Waals surface area contributed by atoms with Crippen LogP contribution in [0, 0.1) is 5.92 Å². The van der Waals surface area contributed by atoms with Crippen LogP contribution in [-0.2, 0) is 6.54 Å². The highest BCUT2D eigenvalue weighted by atomic mass is 127. The second-order valence-electron chi connectivity index (χ2n) is 7.49. The Labute approximate surface area is 186 Å². The van der Waals surface area contributed by atoms with Gasteiger partial charge in [-0.15, -0.1) is 24.0 Å². The Bertz CT molecular complexity index is 735. The van der Waals surface area contributed by atoms with E-state index in [4.69, 9.17) is 4.99 Å². The van der Waals surface area contributed by atoms with E-state index in [1.807, 2.05) is 12.3 Å². The minimum Gasteiger partial charge on any atom is -0.357 e. The molecule has 1 aliphatic rings. The monoisotopic (exact) mass is 495 g/mol. The molecule has 0 unspecified atom stereocenters. The summed E-state index contributed by atoms with van der Waals surface area (Å²) in [4.78, 5) is 11.9. The summed E-state index contributed by atoms with van der Waals surface area (Å²) in [6.07, 6.45) is 5.68. The van der Waals surface area contributed by atoms with E-state index in [0.29, 0.717) is 6.54 Å². The van der Waals surface area contributed by atoms with Crippen molar-refractivity contribution in [1.82, 2.24) is 20.5 Å². The maximum atomic E-state index is 4.77. The molecule has 1 aromatic heterocycles. The van der Waals surface area contributed by atoms with E-state index in [2.05, 4.69) is 58.6 Å². The van der Waals surface area contributed by atoms with Gasteiger partial charge in [-0.2, -0.15) is 0 Å². The molecule has 1 aromatic carbocycles. The SMILES string of the molecule is CCNC(=NCc1cccc2cccnc12)NCCCN1CCC(C)CC1.I. The molecule has 0 aliphatic carbocycles. The number of para-hydroxylation sites is 1. The van der Waals surface area contributed by atoms with Crippen molar-refractivity contribution < 1.29 is 0 Å². The van der Waals surface area contributed by atoms with Gasteiger partial charge in [0.2, 0.25) is 0 Å². The van der Waals surface area contributed by atoms with Gasteiger partial charge in [-0.1, -0.05) is 31.2 Å². The quantitative estimate of drug-likeness (QED) is 0.264. The summed E-state index contributed by atoms with van der Waals surface area (Å²) in [5, 5.41) is 7.99. The van der Waals surface area contributed by atoms with Crippen LogP contribution in [0.3, 0.4) is 0 Å². The maximum Gasteiger partial charge on any atom is 0.191 e. The van der Waals surface area contributed by atoms with Crippen LogP contribution in [-0.4, -0.2) is 48.6 Å². The van der Waals surface area contributed by atoms with Gasteiger partial charge in [0.15, 0.2) is 5.96 Å². The number of hydrogen-bond donors (Lipinski definition) is 2. The maximum absolute atomic E-state index is 4.77. The summed E-state index contributed by atoms with van der Waals surface area (Å²) in [5.41, 5.74) is 2.20. The number of nitrogens with zero attached hydrogens (tertiary/aromatic N) is 3. The molecule has 1 fully saturated rings. The summed E-state index contributed by atoms with van der Waals surface area (Å²) in [6.45, 7) is 10.6. The summed E-state index contributed by atoms with van der Waals surface area (Å²) in [6, 6.07) is 10.4. The lowest BCUT2D eigenvalue weighted by Crippen LogP contribution is -2.39. The normalized spacial score (nSPS) is 16.0. The van der Waals surface area contributed by atoms with Crippen molar-refractivity contribution in [1.29, 1.82) is 0 Å². The third-order valence-corrected chi connectivity index (χ3v) is 5.29. The van der Waals surface area contributed by atoms with Crippen molar-refractivity contribution in [3.05, 3.63) is 42.1 Å². The van der Waals surface area contributed by atoms with E-state index < -0.39 is 0 Å². The number of nitrogens with one attached hydrogen (secondary N) is 2. The molecule has 5 nitrogen and oxygen atoms in total. The molecule has 0 bridgehead atoms. The van der Waals surface area contributed by atoms with Crippen LogP contribution < -0.4 is 10.6 Å². The predicted octanol–water partition coefficient (Wildman–Crippen LogP) is 4.03. The highest BCUT2D eigenvalue weighted by molar-refractivity contribution is 14.0. The molecule has 6 heteroatoms. The van der Waals surface area contributed by atoms with Gasteiger partial charge in [0.05, 0.1) is 12.1 Å². The van der Waals surface area contributed by atoms with Gasteiger partial charge < -0.3 is 15.5 Å². The number of guanidine groups is 1. The standard InChI is InChI=1S/C22H33N5.HI/c1-3-23-22(25-13-6-14-27-15-10-18(2)11-16-27)26-17-20-8-4-7-19-9-5-12-24-21(19)20;/h4-5,7-9,12,18H,3,6,10-11,13-17H2,1-2H3,(H2,23,25,26);1H. The van der Waals surface area contributed by atoms with Crippen LogP contribution in [0.4, 0.5) is 0 Å². The fourth-order valence-corrected chi connectivity index (χ4v) is 3.60. The molecule has 0 amide bonds. The summed E-state index contributed by atoms with van der Waals surface area (Å²) in [7, 11) is 0. The first-order valence-corrected chi connectivity index (χ1v) is 10.3. The van der Waals surface area contributed by atoms with Gasteiger partial charge in [-0.05, 0) is 63.4 Å². The molecule has 0 radical (unpaired) electrons. The Hall–Kier alpha value is -1.41. The van der Waals surface area contributed by atoms with Crippen molar-refractivity contribution >= 4 is 40.8 Å². The highest BCUT2D eigenvalue weighted by Crippen LogP contribution is 2.17. The summed E-state index contributed by atoms with van der Waals surface area (Å²) < 4.78 is 0. The first-order chi connectivity index (χ1) is 13.3. The minimum absolute atomic E-state index is 0. The van der Waals surface area contributed by atoms with Crippen molar-refractivity contribution in [3.8, 4) is 0 Å². The van der Waals surface area contributed by atoms with Crippen LogP contribution in [0.2, 0.25) is 0 Å². The lowest BCUT2D eigenvalue weighted by atomic mass is 9.99. The van der Waals surface area contributed by atoms with Crippen molar-refractivity contribution in [2.45, 2.75) is 39.7 Å². The van der Waals surface area contributed by atoms with Gasteiger partial charge in [-0.3, -0.25) is 4.98 Å². The predicted molar refractivity (Wildman–Crippen MR) is 129 cm³/mol. The van der Waals surface area contributed by atoms with Crippen LogP contribution in [0.5, 0.6) is 0 Å². The number of aromatic nitrogens is 1. The summed E-state index contributed by atoms with van der Waals surface area (Å²) >= 11 is 0. The number of fused-ring (bicyclic) bond motifs is 1. The van der Waals surface area contributed by atoms with Crippen molar-refractivity contribution in [2.24, 2.45) is 10.9 Å². The van der Waals surface area contributed by atoms with E-state index in [1.165, 1.54) is 37.9 Å². The molecule has 2 heterocycles. The van der Waals surface area contributed by atoms with Crippen molar-refractivity contribution in [3.63, 3.8) is 0 Å². The highest BCUT2D eigenvalue weighted by Gasteiger charge is 2.14. The summed E-state index contributed by atoms with van der Waals surface area (Å²) in [5.74, 6) is 1.79. The van der Waals surface area contributed by atoms with Crippen LogP contribution in [0.25, 0.3) is 10.9 Å². The Morgan fingerprint density at radius 1 is 1.18 bits per heavy atom. The largest absolute Gasteiger partial charge is 0.357 e. The van der Waals surface area contributed by atoms with Gasteiger partial charge >= 0.3 is 0 Å². The first kappa shape index (κ1) is 22.9. The van der Waals surface area contributed by atoms with Crippen molar-refractivity contribution in [2.75, 3.05) is 32.7 Å². The van der Waals surface area contributed by atoms with Crippen LogP contribution in [0.1, 0.15) is 38.7 Å². The first-order valence-electron chi connectivity index (χ1n) is 10.3. The van der Waals surface area contributed by atoms with Crippen LogP contribution >= 0.6 is 24.0 Å². The number of piperidine rings is 1. The Balaban J connectivity index is 0.00000280. The Morgan fingerprint density at radius 2 is 1.96 bits per heavy atom. The molecule has 154 valence electrons. The van der Waals surface area contributed by atoms with E-state index in [-0.39, 0.29) is 24.0 Å². The minimum atomic E-state index is 0. The third-order valence-electron chi connectivity index (χ3n) is 5.29. The number of aliphatic imine (C=N–C) groups is 1. The molecule has 1 aliphatic heterocycles. The molecule has 0 spiro atoms. The molecule has 2 N–H and O–H groups in total. The molecular formula is C22H34IN5. The van der Waals surface area contributed by atoms with E-state index in [1.54, 1.807) is 0 Å². The Kier molecular flexibility index (Phi) is 9.98. The fourth-order valence-electron chi connectivity index (χ4n) is 3.60. The second kappa shape index (κ2) is 12.2. The number of halogens is 1. The molecule has 0 atom stereocenters.